The third-order valence-corrected chi connectivity index (χ3v) is 10.4. The van der Waals surface area contributed by atoms with E-state index in [4.69, 9.17) is 9.47 Å². The van der Waals surface area contributed by atoms with E-state index in [1.54, 1.807) is 42.6 Å². The Bertz CT molecular complexity index is 1540. The van der Waals surface area contributed by atoms with E-state index in [-0.39, 0.29) is 34.6 Å². The van der Waals surface area contributed by atoms with Crippen molar-refractivity contribution in [1.29, 1.82) is 0 Å². The molecule has 0 radical (unpaired) electrons. The highest BCUT2D eigenvalue weighted by Gasteiger charge is 2.44. The maximum Gasteiger partial charge on any atom is 0.243 e. The molecule has 1 aromatic heterocycles. The molecule has 2 atom stereocenters. The molecule has 3 heterocycles. The fourth-order valence-corrected chi connectivity index (χ4v) is 7.30. The van der Waals surface area contributed by atoms with E-state index in [0.29, 0.717) is 38.3 Å². The van der Waals surface area contributed by atoms with Crippen LogP contribution in [0, 0.1) is 0 Å². The number of sulfonamides is 1. The Kier molecular flexibility index (Phi) is 7.96. The summed E-state index contributed by atoms with van der Waals surface area (Å²) in [7, 11) is -6.96. The lowest BCUT2D eigenvalue weighted by atomic mass is 9.88. The number of nitrogens with one attached hydrogen (secondary N) is 1. The number of aromatic nitrogens is 1. The Balaban J connectivity index is 1.10. The molecule has 0 aliphatic carbocycles. The second-order valence-electron chi connectivity index (χ2n) is 10.3. The molecule has 2 unspecified atom stereocenters. The van der Waals surface area contributed by atoms with Crippen molar-refractivity contribution in [2.75, 3.05) is 39.1 Å². The molecule has 3 aromatic rings. The number of nitrogens with zero attached hydrogens (tertiary/aromatic N) is 2. The second-order valence-corrected chi connectivity index (χ2v) is 14.2. The van der Waals surface area contributed by atoms with Crippen LogP contribution >= 0.6 is 0 Å². The Morgan fingerprint density at radius 2 is 1.90 bits per heavy atom. The molecule has 39 heavy (non-hydrogen) atoms. The molecule has 0 saturated carbocycles. The van der Waals surface area contributed by atoms with Crippen molar-refractivity contribution in [3.05, 3.63) is 60.8 Å². The van der Waals surface area contributed by atoms with Gasteiger partial charge in [-0.15, -0.1) is 0 Å². The van der Waals surface area contributed by atoms with Crippen LogP contribution in [0.5, 0.6) is 5.75 Å². The fraction of sp³-hybridized carbons (Fsp3) is 0.444. The fourth-order valence-electron chi connectivity index (χ4n) is 5.17. The standard InChI is InChI=1S/C27H33N3O7S2/c1-38(32,33)24-6-2-5-23(15-24)36-19-22(31)17-29-21-16-27(37-18-21)9-12-30(13-10-27)39(34,35)25-7-8-26-20(14-25)4-3-11-28-26/h2-8,11,14-15,21-22,29,31H,9-10,12-13,16-19H2,1H3. The monoisotopic (exact) mass is 575 g/mol. The van der Waals surface area contributed by atoms with Gasteiger partial charge in [0.2, 0.25) is 10.0 Å². The first kappa shape index (κ1) is 27.9. The van der Waals surface area contributed by atoms with Gasteiger partial charge in [-0.25, -0.2) is 16.8 Å². The lowest BCUT2D eigenvalue weighted by molar-refractivity contribution is -0.0312. The maximum absolute atomic E-state index is 13.3. The van der Waals surface area contributed by atoms with Crippen molar-refractivity contribution in [1.82, 2.24) is 14.6 Å². The Morgan fingerprint density at radius 3 is 2.67 bits per heavy atom. The summed E-state index contributed by atoms with van der Waals surface area (Å²) in [6.45, 7) is 1.53. The first-order chi connectivity index (χ1) is 18.5. The van der Waals surface area contributed by atoms with Crippen LogP contribution in [0.1, 0.15) is 19.3 Å². The summed E-state index contributed by atoms with van der Waals surface area (Å²) >= 11 is 0. The van der Waals surface area contributed by atoms with Crippen molar-refractivity contribution < 1.29 is 31.4 Å². The van der Waals surface area contributed by atoms with Crippen LogP contribution in [-0.2, 0) is 24.6 Å². The molecule has 0 bridgehead atoms. The highest BCUT2D eigenvalue weighted by atomic mass is 32.2. The molecule has 2 saturated heterocycles. The Labute approximate surface area is 228 Å². The molecule has 1 spiro atoms. The van der Waals surface area contributed by atoms with Gasteiger partial charge in [-0.3, -0.25) is 4.98 Å². The second kappa shape index (κ2) is 11.1. The predicted molar refractivity (Wildman–Crippen MR) is 146 cm³/mol. The molecule has 210 valence electrons. The van der Waals surface area contributed by atoms with Gasteiger partial charge >= 0.3 is 0 Å². The zero-order chi connectivity index (χ0) is 27.7. The number of pyridine rings is 1. The van der Waals surface area contributed by atoms with Crippen molar-refractivity contribution in [3.8, 4) is 5.75 Å². The van der Waals surface area contributed by atoms with Crippen LogP contribution in [0.25, 0.3) is 10.9 Å². The highest BCUT2D eigenvalue weighted by Crippen LogP contribution is 2.37. The molecule has 0 amide bonds. The highest BCUT2D eigenvalue weighted by molar-refractivity contribution is 7.90. The third kappa shape index (κ3) is 6.42. The third-order valence-electron chi connectivity index (χ3n) is 7.37. The molecule has 2 aliphatic rings. The van der Waals surface area contributed by atoms with Crippen molar-refractivity contribution in [3.63, 3.8) is 0 Å². The molecule has 2 aromatic carbocycles. The average Bonchev–Trinajstić information content (AvgIpc) is 3.32. The smallest absolute Gasteiger partial charge is 0.243 e. The van der Waals surface area contributed by atoms with Gasteiger partial charge in [0, 0.05) is 43.5 Å². The summed E-state index contributed by atoms with van der Waals surface area (Å²) in [4.78, 5) is 4.69. The first-order valence-electron chi connectivity index (χ1n) is 12.9. The van der Waals surface area contributed by atoms with Crippen molar-refractivity contribution in [2.24, 2.45) is 0 Å². The molecular formula is C27H33N3O7S2. The lowest BCUT2D eigenvalue weighted by Crippen LogP contribution is -2.47. The molecule has 2 fully saturated rings. The number of hydrogen-bond acceptors (Lipinski definition) is 9. The van der Waals surface area contributed by atoms with Crippen LogP contribution in [0.2, 0.25) is 0 Å². The SMILES string of the molecule is CS(=O)(=O)c1cccc(OCC(O)CNC2COC3(CCN(S(=O)(=O)c4ccc5ncccc5c4)CC3)C2)c1. The number of piperidine rings is 1. The van der Waals surface area contributed by atoms with Gasteiger partial charge in [-0.05, 0) is 61.7 Å². The summed E-state index contributed by atoms with van der Waals surface area (Å²) in [6, 6.07) is 14.9. The van der Waals surface area contributed by atoms with Gasteiger partial charge in [0.15, 0.2) is 9.84 Å². The number of fused-ring (bicyclic) bond motifs is 1. The number of hydrogen-bond donors (Lipinski definition) is 2. The van der Waals surface area contributed by atoms with Gasteiger partial charge in [0.25, 0.3) is 0 Å². The van der Waals surface area contributed by atoms with Gasteiger partial charge in [0.1, 0.15) is 18.5 Å². The summed E-state index contributed by atoms with van der Waals surface area (Å²) in [5.41, 5.74) is 0.370. The minimum absolute atomic E-state index is 0.0105. The normalized spacial score (nSPS) is 20.8. The van der Waals surface area contributed by atoms with Crippen LogP contribution in [0.3, 0.4) is 0 Å². The number of rotatable bonds is 9. The first-order valence-corrected chi connectivity index (χ1v) is 16.2. The van der Waals surface area contributed by atoms with E-state index in [1.807, 2.05) is 6.07 Å². The summed E-state index contributed by atoms with van der Waals surface area (Å²) < 4.78 is 63.3. The molecule has 5 rings (SSSR count). The van der Waals surface area contributed by atoms with Gasteiger partial charge in [-0.1, -0.05) is 12.1 Å². The summed E-state index contributed by atoms with van der Waals surface area (Å²) in [5.74, 6) is 0.377. The van der Waals surface area contributed by atoms with Gasteiger partial charge < -0.3 is 19.9 Å². The Hall–Kier alpha value is -2.61. The molecule has 2 N–H and O–H groups in total. The minimum atomic E-state index is -3.62. The number of benzene rings is 2. The van der Waals surface area contributed by atoms with Crippen LogP contribution in [0.4, 0.5) is 0 Å². The lowest BCUT2D eigenvalue weighted by Gasteiger charge is -2.38. The minimum Gasteiger partial charge on any atom is -0.491 e. The van der Waals surface area contributed by atoms with E-state index in [0.717, 1.165) is 23.6 Å². The van der Waals surface area contributed by atoms with E-state index in [1.165, 1.54) is 16.4 Å². The van der Waals surface area contributed by atoms with E-state index < -0.39 is 26.0 Å². The van der Waals surface area contributed by atoms with Crippen LogP contribution in [0.15, 0.2) is 70.6 Å². The largest absolute Gasteiger partial charge is 0.491 e. The number of sulfone groups is 1. The van der Waals surface area contributed by atoms with Gasteiger partial charge in [-0.2, -0.15) is 4.31 Å². The van der Waals surface area contributed by atoms with E-state index in [9.17, 15) is 21.9 Å². The number of aliphatic hydroxyl groups is 1. The quantitative estimate of drug-likeness (QED) is 0.393. The number of ether oxygens (including phenoxy) is 2. The van der Waals surface area contributed by atoms with Crippen LogP contribution in [-0.4, -0.2) is 88.1 Å². The van der Waals surface area contributed by atoms with Crippen LogP contribution < -0.4 is 10.1 Å². The maximum atomic E-state index is 13.3. The average molecular weight is 576 g/mol. The van der Waals surface area contributed by atoms with Gasteiger partial charge in [0.05, 0.1) is 27.5 Å². The summed E-state index contributed by atoms with van der Waals surface area (Å²) in [5, 5.41) is 14.5. The van der Waals surface area contributed by atoms with Crippen molar-refractivity contribution in [2.45, 2.75) is 46.8 Å². The van der Waals surface area contributed by atoms with E-state index >= 15 is 0 Å². The molecule has 2 aliphatic heterocycles. The number of aliphatic hydroxyl groups excluding tert-OH is 1. The van der Waals surface area contributed by atoms with Crippen molar-refractivity contribution >= 4 is 30.8 Å². The molecule has 10 nitrogen and oxygen atoms in total. The zero-order valence-corrected chi connectivity index (χ0v) is 23.3. The topological polar surface area (TPSA) is 135 Å². The Morgan fingerprint density at radius 1 is 1.10 bits per heavy atom. The zero-order valence-electron chi connectivity index (χ0n) is 21.7. The summed E-state index contributed by atoms with van der Waals surface area (Å²) in [6.07, 6.45) is 3.94. The molecular weight excluding hydrogens is 542 g/mol. The predicted octanol–water partition coefficient (Wildman–Crippen LogP) is 1.98. The van der Waals surface area contributed by atoms with E-state index in [2.05, 4.69) is 10.3 Å². The molecule has 12 heteroatoms.